The molecule has 0 aliphatic heterocycles. The SMILES string of the molecule is CC(CC(=O)O)NC(=O)c1cccc2[nH]ccc12. The summed E-state index contributed by atoms with van der Waals surface area (Å²) in [4.78, 5) is 25.6. The first-order chi connectivity index (χ1) is 8.58. The first kappa shape index (κ1) is 12.2. The molecule has 2 aromatic rings. The van der Waals surface area contributed by atoms with Crippen LogP contribution < -0.4 is 5.32 Å². The number of H-pyrrole nitrogens is 1. The predicted molar refractivity (Wildman–Crippen MR) is 67.5 cm³/mol. The molecule has 0 spiro atoms. The minimum Gasteiger partial charge on any atom is -0.481 e. The van der Waals surface area contributed by atoms with Crippen LogP contribution in [0.1, 0.15) is 23.7 Å². The summed E-state index contributed by atoms with van der Waals surface area (Å²) >= 11 is 0. The molecular formula is C13H14N2O3. The zero-order chi connectivity index (χ0) is 13.1. The lowest BCUT2D eigenvalue weighted by molar-refractivity contribution is -0.137. The number of benzene rings is 1. The first-order valence-electron chi connectivity index (χ1n) is 5.66. The van der Waals surface area contributed by atoms with Gasteiger partial charge in [-0.05, 0) is 25.1 Å². The largest absolute Gasteiger partial charge is 0.481 e. The summed E-state index contributed by atoms with van der Waals surface area (Å²) in [7, 11) is 0. The topological polar surface area (TPSA) is 82.2 Å². The van der Waals surface area contributed by atoms with Crippen molar-refractivity contribution >= 4 is 22.8 Å². The first-order valence-corrected chi connectivity index (χ1v) is 5.66. The fourth-order valence-corrected chi connectivity index (χ4v) is 1.90. The molecule has 0 radical (unpaired) electrons. The van der Waals surface area contributed by atoms with E-state index in [0.717, 1.165) is 10.9 Å². The molecule has 1 amide bonds. The smallest absolute Gasteiger partial charge is 0.305 e. The van der Waals surface area contributed by atoms with E-state index in [1.54, 1.807) is 25.3 Å². The Hall–Kier alpha value is -2.30. The van der Waals surface area contributed by atoms with Gasteiger partial charge in [0.25, 0.3) is 5.91 Å². The highest BCUT2D eigenvalue weighted by Gasteiger charge is 2.14. The highest BCUT2D eigenvalue weighted by atomic mass is 16.4. The Kier molecular flexibility index (Phi) is 3.32. The van der Waals surface area contributed by atoms with Crippen molar-refractivity contribution in [1.29, 1.82) is 0 Å². The highest BCUT2D eigenvalue weighted by molar-refractivity contribution is 6.06. The second-order valence-electron chi connectivity index (χ2n) is 4.22. The molecular weight excluding hydrogens is 232 g/mol. The van der Waals surface area contributed by atoms with Crippen molar-refractivity contribution in [1.82, 2.24) is 10.3 Å². The number of carboxylic acids is 1. The molecule has 2 rings (SSSR count). The lowest BCUT2D eigenvalue weighted by Gasteiger charge is -2.12. The van der Waals surface area contributed by atoms with Crippen LogP contribution in [-0.4, -0.2) is 28.0 Å². The molecule has 0 fully saturated rings. The summed E-state index contributed by atoms with van der Waals surface area (Å²) < 4.78 is 0. The van der Waals surface area contributed by atoms with Gasteiger partial charge in [0.2, 0.25) is 0 Å². The average Bonchev–Trinajstić information content (AvgIpc) is 2.74. The summed E-state index contributed by atoms with van der Waals surface area (Å²) in [5, 5.41) is 12.2. The van der Waals surface area contributed by atoms with Crippen LogP contribution in [0.25, 0.3) is 10.9 Å². The maximum Gasteiger partial charge on any atom is 0.305 e. The van der Waals surface area contributed by atoms with E-state index in [0.29, 0.717) is 5.56 Å². The van der Waals surface area contributed by atoms with Gasteiger partial charge in [0.15, 0.2) is 0 Å². The number of carbonyl (C=O) groups is 2. The van der Waals surface area contributed by atoms with Crippen LogP contribution in [0.5, 0.6) is 0 Å². The van der Waals surface area contributed by atoms with Crippen molar-refractivity contribution in [3.8, 4) is 0 Å². The lowest BCUT2D eigenvalue weighted by Crippen LogP contribution is -2.34. The second kappa shape index (κ2) is 4.91. The van der Waals surface area contributed by atoms with Crippen molar-refractivity contribution < 1.29 is 14.7 Å². The minimum atomic E-state index is -0.928. The van der Waals surface area contributed by atoms with Crippen LogP contribution in [-0.2, 0) is 4.79 Å². The van der Waals surface area contributed by atoms with Gasteiger partial charge in [0.1, 0.15) is 0 Å². The molecule has 0 aliphatic carbocycles. The standard InChI is InChI=1S/C13H14N2O3/c1-8(7-12(16)17)15-13(18)10-3-2-4-11-9(10)5-6-14-11/h2-6,8,14H,7H2,1H3,(H,15,18)(H,16,17). The number of hydrogen-bond donors (Lipinski definition) is 3. The summed E-state index contributed by atoms with van der Waals surface area (Å²) in [5.41, 5.74) is 1.43. The Bertz CT molecular complexity index is 589. The van der Waals surface area contributed by atoms with E-state index in [2.05, 4.69) is 10.3 Å². The maximum absolute atomic E-state index is 12.0. The van der Waals surface area contributed by atoms with Crippen molar-refractivity contribution in [2.45, 2.75) is 19.4 Å². The Morgan fingerprint density at radius 2 is 2.17 bits per heavy atom. The fourth-order valence-electron chi connectivity index (χ4n) is 1.90. The van der Waals surface area contributed by atoms with Crippen LogP contribution in [0.2, 0.25) is 0 Å². The number of carbonyl (C=O) groups excluding carboxylic acids is 1. The molecule has 0 saturated carbocycles. The third-order valence-corrected chi connectivity index (χ3v) is 2.70. The van der Waals surface area contributed by atoms with E-state index in [4.69, 9.17) is 5.11 Å². The summed E-state index contributed by atoms with van der Waals surface area (Å²) in [5.74, 6) is -1.18. The average molecular weight is 246 g/mol. The van der Waals surface area contributed by atoms with Crippen molar-refractivity contribution in [3.05, 3.63) is 36.0 Å². The molecule has 0 aliphatic rings. The van der Waals surface area contributed by atoms with Gasteiger partial charge in [-0.2, -0.15) is 0 Å². The van der Waals surface area contributed by atoms with E-state index in [9.17, 15) is 9.59 Å². The third kappa shape index (κ3) is 2.51. The molecule has 1 atom stereocenters. The molecule has 1 unspecified atom stereocenters. The van der Waals surface area contributed by atoms with Gasteiger partial charge in [-0.3, -0.25) is 9.59 Å². The van der Waals surface area contributed by atoms with E-state index >= 15 is 0 Å². The van der Waals surface area contributed by atoms with Gasteiger partial charge in [-0.25, -0.2) is 0 Å². The Morgan fingerprint density at radius 1 is 1.39 bits per heavy atom. The van der Waals surface area contributed by atoms with Crippen molar-refractivity contribution in [3.63, 3.8) is 0 Å². The number of fused-ring (bicyclic) bond motifs is 1. The molecule has 0 bridgehead atoms. The maximum atomic E-state index is 12.0. The normalized spacial score (nSPS) is 12.3. The third-order valence-electron chi connectivity index (χ3n) is 2.70. The van der Waals surface area contributed by atoms with Gasteiger partial charge in [0.05, 0.1) is 6.42 Å². The van der Waals surface area contributed by atoms with Gasteiger partial charge in [0, 0.05) is 28.7 Å². The molecule has 3 N–H and O–H groups in total. The Morgan fingerprint density at radius 3 is 2.89 bits per heavy atom. The van der Waals surface area contributed by atoms with Crippen molar-refractivity contribution in [2.24, 2.45) is 0 Å². The summed E-state index contributed by atoms with van der Waals surface area (Å²) in [6.45, 7) is 1.67. The van der Waals surface area contributed by atoms with E-state index in [1.807, 2.05) is 12.1 Å². The number of nitrogens with one attached hydrogen (secondary N) is 2. The minimum absolute atomic E-state index is 0.0884. The van der Waals surface area contributed by atoms with Gasteiger partial charge < -0.3 is 15.4 Å². The molecule has 18 heavy (non-hydrogen) atoms. The van der Waals surface area contributed by atoms with Crippen molar-refractivity contribution in [2.75, 3.05) is 0 Å². The zero-order valence-electron chi connectivity index (χ0n) is 9.93. The van der Waals surface area contributed by atoms with E-state index in [1.165, 1.54) is 0 Å². The number of carboxylic acid groups (broad SMARTS) is 1. The van der Waals surface area contributed by atoms with Crippen LogP contribution >= 0.6 is 0 Å². The number of aromatic amines is 1. The molecule has 1 heterocycles. The zero-order valence-corrected chi connectivity index (χ0v) is 9.93. The summed E-state index contributed by atoms with van der Waals surface area (Å²) in [6, 6.07) is 6.82. The van der Waals surface area contributed by atoms with Crippen LogP contribution in [0.4, 0.5) is 0 Å². The number of rotatable bonds is 4. The monoisotopic (exact) mass is 246 g/mol. The van der Waals surface area contributed by atoms with Crippen LogP contribution in [0, 0.1) is 0 Å². The molecule has 5 heteroatoms. The molecule has 5 nitrogen and oxygen atoms in total. The number of aromatic nitrogens is 1. The second-order valence-corrected chi connectivity index (χ2v) is 4.22. The number of aliphatic carboxylic acids is 1. The van der Waals surface area contributed by atoms with E-state index in [-0.39, 0.29) is 12.3 Å². The van der Waals surface area contributed by atoms with Gasteiger partial charge in [-0.1, -0.05) is 6.07 Å². The molecule has 0 saturated heterocycles. The van der Waals surface area contributed by atoms with Crippen LogP contribution in [0.3, 0.4) is 0 Å². The highest BCUT2D eigenvalue weighted by Crippen LogP contribution is 2.17. The Labute approximate surface area is 104 Å². The molecule has 94 valence electrons. The quantitative estimate of drug-likeness (QED) is 0.768. The predicted octanol–water partition coefficient (Wildman–Crippen LogP) is 1.76. The number of amides is 1. The van der Waals surface area contributed by atoms with Crippen LogP contribution in [0.15, 0.2) is 30.5 Å². The summed E-state index contributed by atoms with van der Waals surface area (Å²) in [6.07, 6.45) is 1.68. The molecule has 1 aromatic carbocycles. The molecule has 1 aromatic heterocycles. The van der Waals surface area contributed by atoms with Gasteiger partial charge in [-0.15, -0.1) is 0 Å². The number of hydrogen-bond acceptors (Lipinski definition) is 2. The van der Waals surface area contributed by atoms with Gasteiger partial charge >= 0.3 is 5.97 Å². The fraction of sp³-hybridized carbons (Fsp3) is 0.231. The lowest BCUT2D eigenvalue weighted by atomic mass is 10.1. The Balaban J connectivity index is 2.18. The van der Waals surface area contributed by atoms with E-state index < -0.39 is 12.0 Å².